The molecule has 100 valence electrons. The Balaban J connectivity index is 1.67. The van der Waals surface area contributed by atoms with E-state index in [-0.39, 0.29) is 18.3 Å². The second-order valence-electron chi connectivity index (χ2n) is 3.81. The molecule has 2 aromatic rings. The molecule has 0 aliphatic heterocycles. The monoisotopic (exact) mass is 280 g/mol. The molecule has 19 heavy (non-hydrogen) atoms. The summed E-state index contributed by atoms with van der Waals surface area (Å²) in [5, 5.41) is 2.73. The maximum atomic E-state index is 12.9. The Kier molecular flexibility index (Phi) is 4.85. The summed E-state index contributed by atoms with van der Waals surface area (Å²) < 4.78 is 18.0. The van der Waals surface area contributed by atoms with Gasteiger partial charge in [0.15, 0.2) is 6.61 Å². The topological polar surface area (TPSA) is 51.2 Å². The quantitative estimate of drug-likeness (QED) is 0.880. The van der Waals surface area contributed by atoms with E-state index in [1.165, 1.54) is 18.2 Å². The Morgan fingerprint density at radius 3 is 3.11 bits per heavy atom. The molecule has 1 aromatic carbocycles. The van der Waals surface area contributed by atoms with E-state index in [4.69, 9.17) is 4.74 Å². The van der Waals surface area contributed by atoms with E-state index in [0.29, 0.717) is 12.3 Å². The van der Waals surface area contributed by atoms with Crippen LogP contribution in [0.2, 0.25) is 0 Å². The van der Waals surface area contributed by atoms with Gasteiger partial charge in [0.25, 0.3) is 5.91 Å². The minimum absolute atomic E-state index is 0.119. The van der Waals surface area contributed by atoms with E-state index in [0.717, 1.165) is 11.3 Å². The van der Waals surface area contributed by atoms with E-state index >= 15 is 0 Å². The summed E-state index contributed by atoms with van der Waals surface area (Å²) in [5.74, 6) is -0.269. The number of benzene rings is 1. The predicted octanol–water partition coefficient (Wildman–Crippen LogP) is 2.02. The average Bonchev–Trinajstić information content (AvgIpc) is 2.90. The van der Waals surface area contributed by atoms with Crippen molar-refractivity contribution >= 4 is 17.2 Å². The van der Waals surface area contributed by atoms with Crippen molar-refractivity contribution in [3.8, 4) is 5.75 Å². The highest BCUT2D eigenvalue weighted by Gasteiger charge is 2.03. The number of carbonyl (C=O) groups is 1. The average molecular weight is 280 g/mol. The molecule has 2 rings (SSSR count). The van der Waals surface area contributed by atoms with Crippen molar-refractivity contribution in [3.05, 3.63) is 46.7 Å². The third-order valence-corrected chi connectivity index (χ3v) is 3.18. The highest BCUT2D eigenvalue weighted by atomic mass is 32.1. The molecular weight excluding hydrogens is 267 g/mol. The van der Waals surface area contributed by atoms with Gasteiger partial charge in [-0.15, -0.1) is 11.3 Å². The van der Waals surface area contributed by atoms with Gasteiger partial charge in [0.05, 0.1) is 5.51 Å². The van der Waals surface area contributed by atoms with E-state index in [9.17, 15) is 9.18 Å². The Labute approximate surface area is 114 Å². The summed E-state index contributed by atoms with van der Waals surface area (Å²) in [6, 6.07) is 5.70. The first-order valence-corrected chi connectivity index (χ1v) is 6.64. The van der Waals surface area contributed by atoms with Gasteiger partial charge in [-0.05, 0) is 12.1 Å². The number of rotatable bonds is 6. The molecule has 0 spiro atoms. The van der Waals surface area contributed by atoms with Crippen LogP contribution in [0.1, 0.15) is 4.88 Å². The molecule has 0 unspecified atom stereocenters. The molecule has 1 N–H and O–H groups in total. The molecule has 0 fully saturated rings. The fourth-order valence-corrected chi connectivity index (χ4v) is 2.05. The molecule has 0 aliphatic carbocycles. The molecule has 0 saturated carbocycles. The first-order valence-electron chi connectivity index (χ1n) is 5.76. The second-order valence-corrected chi connectivity index (χ2v) is 4.78. The van der Waals surface area contributed by atoms with Gasteiger partial charge >= 0.3 is 0 Å². The van der Waals surface area contributed by atoms with Crippen LogP contribution in [0.3, 0.4) is 0 Å². The highest BCUT2D eigenvalue weighted by molar-refractivity contribution is 7.09. The Morgan fingerprint density at radius 2 is 2.37 bits per heavy atom. The Bertz CT molecular complexity index is 531. The van der Waals surface area contributed by atoms with Crippen LogP contribution in [0.15, 0.2) is 36.0 Å². The van der Waals surface area contributed by atoms with Crippen LogP contribution in [-0.4, -0.2) is 24.0 Å². The van der Waals surface area contributed by atoms with Crippen molar-refractivity contribution in [2.24, 2.45) is 0 Å². The summed E-state index contributed by atoms with van der Waals surface area (Å²) in [5.41, 5.74) is 1.75. The fraction of sp³-hybridized carbons (Fsp3) is 0.231. The first-order chi connectivity index (χ1) is 9.24. The van der Waals surface area contributed by atoms with Crippen LogP contribution in [0, 0.1) is 5.82 Å². The summed E-state index contributed by atoms with van der Waals surface area (Å²) in [6.45, 7) is 0.416. The van der Waals surface area contributed by atoms with E-state index in [1.807, 2.05) is 0 Å². The van der Waals surface area contributed by atoms with Crippen molar-refractivity contribution in [2.75, 3.05) is 13.2 Å². The molecule has 4 nitrogen and oxygen atoms in total. The minimum Gasteiger partial charge on any atom is -0.484 e. The largest absolute Gasteiger partial charge is 0.484 e. The molecule has 0 aliphatic rings. The van der Waals surface area contributed by atoms with Gasteiger partial charge < -0.3 is 10.1 Å². The van der Waals surface area contributed by atoms with Crippen LogP contribution in [0.4, 0.5) is 4.39 Å². The van der Waals surface area contributed by atoms with Gasteiger partial charge in [0.1, 0.15) is 11.6 Å². The molecule has 1 aromatic heterocycles. The van der Waals surface area contributed by atoms with Gasteiger partial charge in [-0.3, -0.25) is 9.78 Å². The van der Waals surface area contributed by atoms with Crippen molar-refractivity contribution in [2.45, 2.75) is 6.42 Å². The van der Waals surface area contributed by atoms with Crippen LogP contribution in [0.5, 0.6) is 5.75 Å². The molecule has 1 heterocycles. The number of halogens is 1. The molecule has 0 atom stereocenters. The zero-order valence-electron chi connectivity index (χ0n) is 10.1. The van der Waals surface area contributed by atoms with Crippen LogP contribution >= 0.6 is 11.3 Å². The van der Waals surface area contributed by atoms with E-state index in [2.05, 4.69) is 10.3 Å². The van der Waals surface area contributed by atoms with Crippen LogP contribution in [-0.2, 0) is 11.2 Å². The number of hydrogen-bond acceptors (Lipinski definition) is 4. The van der Waals surface area contributed by atoms with E-state index in [1.54, 1.807) is 29.1 Å². The van der Waals surface area contributed by atoms with Crippen LogP contribution in [0.25, 0.3) is 0 Å². The Morgan fingerprint density at radius 1 is 1.47 bits per heavy atom. The maximum absolute atomic E-state index is 12.9. The standard InChI is InChI=1S/C13H13FN2O2S/c14-10-2-1-3-11(6-10)18-8-13(17)16-5-4-12-7-15-9-19-12/h1-3,6-7,9H,4-5,8H2,(H,16,17). The highest BCUT2D eigenvalue weighted by Crippen LogP contribution is 2.11. The fourth-order valence-electron chi connectivity index (χ4n) is 1.45. The number of hydrogen-bond donors (Lipinski definition) is 1. The molecule has 6 heteroatoms. The number of ether oxygens (including phenoxy) is 1. The lowest BCUT2D eigenvalue weighted by atomic mass is 10.3. The number of aromatic nitrogens is 1. The number of carbonyl (C=O) groups excluding carboxylic acids is 1. The van der Waals surface area contributed by atoms with Gasteiger partial charge in [-0.25, -0.2) is 4.39 Å². The van der Waals surface area contributed by atoms with Gasteiger partial charge in [-0.1, -0.05) is 6.07 Å². The van der Waals surface area contributed by atoms with Gasteiger partial charge in [0.2, 0.25) is 0 Å². The first kappa shape index (κ1) is 13.5. The minimum atomic E-state index is -0.386. The lowest BCUT2D eigenvalue weighted by Crippen LogP contribution is -2.30. The number of nitrogens with one attached hydrogen (secondary N) is 1. The summed E-state index contributed by atoms with van der Waals surface area (Å²) in [6.07, 6.45) is 2.52. The second kappa shape index (κ2) is 6.84. The number of amides is 1. The molecular formula is C13H13FN2O2S. The third kappa shape index (κ3) is 4.67. The normalized spacial score (nSPS) is 10.2. The van der Waals surface area contributed by atoms with Gasteiger partial charge in [0, 0.05) is 30.1 Å². The number of thiazole rings is 1. The van der Waals surface area contributed by atoms with Crippen molar-refractivity contribution < 1.29 is 13.9 Å². The predicted molar refractivity (Wildman–Crippen MR) is 70.7 cm³/mol. The molecule has 0 saturated heterocycles. The lowest BCUT2D eigenvalue weighted by molar-refractivity contribution is -0.123. The third-order valence-electron chi connectivity index (χ3n) is 2.34. The molecule has 0 radical (unpaired) electrons. The zero-order valence-corrected chi connectivity index (χ0v) is 11.0. The van der Waals surface area contributed by atoms with Gasteiger partial charge in [-0.2, -0.15) is 0 Å². The SMILES string of the molecule is O=C(COc1cccc(F)c1)NCCc1cncs1. The van der Waals surface area contributed by atoms with Crippen molar-refractivity contribution in [3.63, 3.8) is 0 Å². The molecule has 1 amide bonds. The zero-order chi connectivity index (χ0) is 13.5. The van der Waals surface area contributed by atoms with Crippen molar-refractivity contribution in [1.82, 2.24) is 10.3 Å². The smallest absolute Gasteiger partial charge is 0.257 e. The van der Waals surface area contributed by atoms with E-state index < -0.39 is 0 Å². The molecule has 0 bridgehead atoms. The summed E-state index contributed by atoms with van der Waals surface area (Å²) >= 11 is 1.55. The Hall–Kier alpha value is -1.95. The summed E-state index contributed by atoms with van der Waals surface area (Å²) in [4.78, 5) is 16.6. The van der Waals surface area contributed by atoms with Crippen LogP contribution < -0.4 is 10.1 Å². The number of nitrogens with zero attached hydrogens (tertiary/aromatic N) is 1. The summed E-state index contributed by atoms with van der Waals surface area (Å²) in [7, 11) is 0. The lowest BCUT2D eigenvalue weighted by Gasteiger charge is -2.06. The van der Waals surface area contributed by atoms with Crippen molar-refractivity contribution in [1.29, 1.82) is 0 Å². The maximum Gasteiger partial charge on any atom is 0.257 e.